The number of ether oxygens (including phenoxy) is 1. The van der Waals surface area contributed by atoms with Crippen molar-refractivity contribution in [3.05, 3.63) is 41.2 Å². The summed E-state index contributed by atoms with van der Waals surface area (Å²) in [6.45, 7) is 6.52. The maximum Gasteiger partial charge on any atom is 0.165 e. The zero-order chi connectivity index (χ0) is 16.4. The normalized spacial score (nSPS) is 18.5. The van der Waals surface area contributed by atoms with Crippen LogP contribution in [-0.4, -0.2) is 39.4 Å². The summed E-state index contributed by atoms with van der Waals surface area (Å²) in [7, 11) is 1.48. The number of methoxy groups -OCH3 is 1. The third-order valence-corrected chi connectivity index (χ3v) is 4.45. The molecular weight excluding hydrogens is 295 g/mol. The Hall–Kier alpha value is -1.95. The molecule has 1 aliphatic heterocycles. The van der Waals surface area contributed by atoms with Crippen LogP contribution in [0.15, 0.2) is 18.2 Å². The van der Waals surface area contributed by atoms with E-state index in [1.807, 2.05) is 24.6 Å². The molecule has 0 radical (unpaired) electrons. The fourth-order valence-electron chi connectivity index (χ4n) is 3.29. The van der Waals surface area contributed by atoms with Crippen LogP contribution in [0, 0.1) is 19.7 Å². The van der Waals surface area contributed by atoms with E-state index in [1.165, 1.54) is 7.11 Å². The smallest absolute Gasteiger partial charge is 0.165 e. The van der Waals surface area contributed by atoms with Gasteiger partial charge in [-0.2, -0.15) is 5.10 Å². The number of hydrogen-bond acceptors (Lipinski definition) is 4. The fourth-order valence-corrected chi connectivity index (χ4v) is 3.29. The molecule has 124 valence electrons. The molecule has 1 fully saturated rings. The summed E-state index contributed by atoms with van der Waals surface area (Å²) in [4.78, 5) is 6.76. The van der Waals surface area contributed by atoms with Gasteiger partial charge in [0, 0.05) is 12.6 Å². The zero-order valence-electron chi connectivity index (χ0n) is 13.9. The first-order chi connectivity index (χ1) is 11.1. The van der Waals surface area contributed by atoms with Gasteiger partial charge < -0.3 is 4.74 Å². The van der Waals surface area contributed by atoms with Crippen molar-refractivity contribution < 1.29 is 9.13 Å². The molecule has 3 rings (SSSR count). The van der Waals surface area contributed by atoms with Gasteiger partial charge in [-0.15, -0.1) is 0 Å². The van der Waals surface area contributed by atoms with E-state index in [1.54, 1.807) is 12.1 Å². The molecule has 0 N–H and O–H groups in total. The number of halogens is 1. The predicted molar refractivity (Wildman–Crippen MR) is 85.9 cm³/mol. The Morgan fingerprint density at radius 2 is 2.17 bits per heavy atom. The lowest BCUT2D eigenvalue weighted by atomic mass is 10.1. The van der Waals surface area contributed by atoms with Crippen LogP contribution in [0.25, 0.3) is 0 Å². The zero-order valence-corrected chi connectivity index (χ0v) is 13.9. The standard InChI is InChI=1S/C17H23FN4O/c1-12-19-13(2)22(20-12)11-15-5-4-8-21(15)10-14-6-7-17(23-3)16(18)9-14/h6-7,9,15H,4-5,8,10-11H2,1-3H3. The minimum Gasteiger partial charge on any atom is -0.494 e. The second kappa shape index (κ2) is 6.66. The van der Waals surface area contributed by atoms with Crippen LogP contribution in [0.1, 0.15) is 30.1 Å². The van der Waals surface area contributed by atoms with Gasteiger partial charge >= 0.3 is 0 Å². The molecule has 2 heterocycles. The molecule has 6 heteroatoms. The van der Waals surface area contributed by atoms with Crippen LogP contribution >= 0.6 is 0 Å². The summed E-state index contributed by atoms with van der Waals surface area (Å²) < 4.78 is 20.8. The van der Waals surface area contributed by atoms with Crippen molar-refractivity contribution in [2.75, 3.05) is 13.7 Å². The molecule has 0 spiro atoms. The minimum atomic E-state index is -0.302. The molecule has 0 aliphatic carbocycles. The van der Waals surface area contributed by atoms with Gasteiger partial charge in [0.2, 0.25) is 0 Å². The van der Waals surface area contributed by atoms with Gasteiger partial charge in [0.15, 0.2) is 11.6 Å². The Kier molecular flexibility index (Phi) is 4.61. The lowest BCUT2D eigenvalue weighted by molar-refractivity contribution is 0.217. The van der Waals surface area contributed by atoms with E-state index < -0.39 is 0 Å². The first-order valence-corrected chi connectivity index (χ1v) is 8.01. The van der Waals surface area contributed by atoms with Crippen LogP contribution in [-0.2, 0) is 13.1 Å². The van der Waals surface area contributed by atoms with E-state index >= 15 is 0 Å². The van der Waals surface area contributed by atoms with Crippen LogP contribution in [0.2, 0.25) is 0 Å². The predicted octanol–water partition coefficient (Wildman–Crippen LogP) is 2.71. The number of hydrogen-bond donors (Lipinski definition) is 0. The molecule has 23 heavy (non-hydrogen) atoms. The van der Waals surface area contributed by atoms with Gasteiger partial charge in [-0.05, 0) is 50.9 Å². The van der Waals surface area contributed by atoms with E-state index in [-0.39, 0.29) is 5.82 Å². The second-order valence-corrected chi connectivity index (χ2v) is 6.12. The molecule has 1 unspecified atom stereocenters. The molecule has 5 nitrogen and oxygen atoms in total. The Morgan fingerprint density at radius 1 is 1.35 bits per heavy atom. The molecular formula is C17H23FN4O. The Morgan fingerprint density at radius 3 is 2.83 bits per heavy atom. The third kappa shape index (κ3) is 3.52. The largest absolute Gasteiger partial charge is 0.494 e. The molecule has 1 aromatic carbocycles. The second-order valence-electron chi connectivity index (χ2n) is 6.12. The molecule has 1 atom stereocenters. The highest BCUT2D eigenvalue weighted by Gasteiger charge is 2.26. The number of nitrogens with zero attached hydrogens (tertiary/aromatic N) is 4. The average Bonchev–Trinajstić information content (AvgIpc) is 3.06. The number of benzene rings is 1. The van der Waals surface area contributed by atoms with Crippen molar-refractivity contribution in [2.24, 2.45) is 0 Å². The lowest BCUT2D eigenvalue weighted by Gasteiger charge is -2.24. The van der Waals surface area contributed by atoms with Crippen molar-refractivity contribution in [1.29, 1.82) is 0 Å². The number of aromatic nitrogens is 3. The van der Waals surface area contributed by atoms with Crippen molar-refractivity contribution >= 4 is 0 Å². The van der Waals surface area contributed by atoms with Crippen LogP contribution in [0.4, 0.5) is 4.39 Å². The maximum absolute atomic E-state index is 13.9. The summed E-state index contributed by atoms with van der Waals surface area (Å²) >= 11 is 0. The topological polar surface area (TPSA) is 43.2 Å². The van der Waals surface area contributed by atoms with Crippen LogP contribution in [0.3, 0.4) is 0 Å². The molecule has 1 aliphatic rings. The summed E-state index contributed by atoms with van der Waals surface area (Å²) in [5.74, 6) is 1.75. The molecule has 1 saturated heterocycles. The Balaban J connectivity index is 1.69. The average molecular weight is 318 g/mol. The van der Waals surface area contributed by atoms with Crippen molar-refractivity contribution in [2.45, 2.75) is 45.8 Å². The fraction of sp³-hybridized carbons (Fsp3) is 0.529. The highest BCUT2D eigenvalue weighted by Crippen LogP contribution is 2.24. The van der Waals surface area contributed by atoms with E-state index in [4.69, 9.17) is 4.74 Å². The quantitative estimate of drug-likeness (QED) is 0.850. The van der Waals surface area contributed by atoms with Crippen molar-refractivity contribution in [1.82, 2.24) is 19.7 Å². The van der Waals surface area contributed by atoms with Gasteiger partial charge in [0.25, 0.3) is 0 Å². The first kappa shape index (κ1) is 15.9. The molecule has 0 saturated carbocycles. The van der Waals surface area contributed by atoms with Crippen LogP contribution in [0.5, 0.6) is 5.75 Å². The summed E-state index contributed by atoms with van der Waals surface area (Å²) in [6.07, 6.45) is 2.30. The molecule has 2 aromatic rings. The molecule has 0 bridgehead atoms. The van der Waals surface area contributed by atoms with Gasteiger partial charge in [-0.25, -0.2) is 14.1 Å². The third-order valence-electron chi connectivity index (χ3n) is 4.45. The summed E-state index contributed by atoms with van der Waals surface area (Å²) in [5, 5.41) is 4.45. The summed E-state index contributed by atoms with van der Waals surface area (Å²) in [6, 6.07) is 5.61. The highest BCUT2D eigenvalue weighted by molar-refractivity contribution is 5.29. The number of rotatable bonds is 5. The van der Waals surface area contributed by atoms with Crippen molar-refractivity contribution in [3.63, 3.8) is 0 Å². The monoisotopic (exact) mass is 318 g/mol. The highest BCUT2D eigenvalue weighted by atomic mass is 19.1. The number of aryl methyl sites for hydroxylation is 2. The Labute approximate surface area is 136 Å². The molecule has 0 amide bonds. The van der Waals surface area contributed by atoms with E-state index in [0.29, 0.717) is 11.8 Å². The first-order valence-electron chi connectivity index (χ1n) is 8.01. The van der Waals surface area contributed by atoms with Crippen molar-refractivity contribution in [3.8, 4) is 5.75 Å². The van der Waals surface area contributed by atoms with E-state index in [9.17, 15) is 4.39 Å². The van der Waals surface area contributed by atoms with E-state index in [0.717, 1.165) is 49.7 Å². The van der Waals surface area contributed by atoms with Crippen LogP contribution < -0.4 is 4.74 Å². The van der Waals surface area contributed by atoms with E-state index in [2.05, 4.69) is 15.0 Å². The van der Waals surface area contributed by atoms with Gasteiger partial charge in [-0.3, -0.25) is 4.90 Å². The minimum absolute atomic E-state index is 0.292. The Bertz CT molecular complexity index is 685. The van der Waals surface area contributed by atoms with Gasteiger partial charge in [0.1, 0.15) is 11.6 Å². The lowest BCUT2D eigenvalue weighted by Crippen LogP contribution is -2.33. The number of likely N-dealkylation sites (tertiary alicyclic amines) is 1. The summed E-state index contributed by atoms with van der Waals surface area (Å²) in [5.41, 5.74) is 0.974. The van der Waals surface area contributed by atoms with Gasteiger partial charge in [0.05, 0.1) is 13.7 Å². The maximum atomic E-state index is 13.9. The van der Waals surface area contributed by atoms with Gasteiger partial charge in [-0.1, -0.05) is 6.07 Å². The SMILES string of the molecule is COc1ccc(CN2CCCC2Cn2nc(C)nc2C)cc1F. The molecule has 1 aromatic heterocycles.